The fourth-order valence-corrected chi connectivity index (χ4v) is 3.03. The minimum absolute atomic E-state index is 0.0740. The average molecular weight is 316 g/mol. The number of aliphatic hydroxyl groups excluding tert-OH is 1. The first-order chi connectivity index (χ1) is 11.3. The lowest BCUT2D eigenvalue weighted by atomic mass is 10.1. The summed E-state index contributed by atoms with van der Waals surface area (Å²) in [6, 6.07) is 10.1. The molecule has 6 heteroatoms. The maximum absolute atomic E-state index is 10.4. The highest BCUT2D eigenvalue weighted by atomic mass is 16.5. The molecule has 0 bridgehead atoms. The first kappa shape index (κ1) is 16.1. The van der Waals surface area contributed by atoms with Gasteiger partial charge in [0.2, 0.25) is 0 Å². The number of β-amino-alcohol motifs (C(OH)–C–C–N with tert-alkyl or cyclic N) is 1. The molecule has 0 spiro atoms. The van der Waals surface area contributed by atoms with Crippen LogP contribution in [0.2, 0.25) is 0 Å². The minimum Gasteiger partial charge on any atom is -0.391 e. The van der Waals surface area contributed by atoms with Crippen molar-refractivity contribution in [3.63, 3.8) is 0 Å². The maximum Gasteiger partial charge on any atom is 0.163 e. The molecule has 1 saturated heterocycles. The van der Waals surface area contributed by atoms with Gasteiger partial charge in [-0.05, 0) is 18.9 Å². The third-order valence-corrected chi connectivity index (χ3v) is 4.21. The fourth-order valence-electron chi connectivity index (χ4n) is 3.03. The van der Waals surface area contributed by atoms with E-state index in [9.17, 15) is 5.11 Å². The van der Waals surface area contributed by atoms with Crippen molar-refractivity contribution in [2.75, 3.05) is 26.2 Å². The summed E-state index contributed by atoms with van der Waals surface area (Å²) in [4.78, 5) is 2.25. The van der Waals surface area contributed by atoms with Gasteiger partial charge in [-0.1, -0.05) is 30.3 Å². The molecule has 1 N–H and O–H groups in total. The maximum atomic E-state index is 10.4. The molecule has 0 radical (unpaired) electrons. The van der Waals surface area contributed by atoms with Crippen molar-refractivity contribution in [2.45, 2.75) is 32.1 Å². The number of benzene rings is 1. The van der Waals surface area contributed by atoms with E-state index in [-0.39, 0.29) is 12.2 Å². The molecular weight excluding hydrogens is 292 g/mol. The summed E-state index contributed by atoms with van der Waals surface area (Å²) in [7, 11) is 0. The second-order valence-corrected chi connectivity index (χ2v) is 5.94. The lowest BCUT2D eigenvalue weighted by Gasteiger charge is -2.33. The Kier molecular flexibility index (Phi) is 5.38. The Bertz CT molecular complexity index is 602. The number of ether oxygens (including phenoxy) is 1. The summed E-state index contributed by atoms with van der Waals surface area (Å²) >= 11 is 0. The van der Waals surface area contributed by atoms with Crippen molar-refractivity contribution in [3.05, 3.63) is 48.0 Å². The van der Waals surface area contributed by atoms with Crippen molar-refractivity contribution in [3.8, 4) is 0 Å². The number of nitrogens with zero attached hydrogens (tertiary/aromatic N) is 4. The Morgan fingerprint density at radius 3 is 2.96 bits per heavy atom. The van der Waals surface area contributed by atoms with Crippen LogP contribution in [-0.4, -0.2) is 57.1 Å². The van der Waals surface area contributed by atoms with E-state index in [4.69, 9.17) is 4.74 Å². The molecule has 1 aliphatic heterocycles. The molecule has 1 fully saturated rings. The highest BCUT2D eigenvalue weighted by molar-refractivity contribution is 5.15. The van der Waals surface area contributed by atoms with Gasteiger partial charge in [-0.15, -0.1) is 10.2 Å². The SMILES string of the molecule is CCn1cnnc1[C@@H]1CN(C[C@H](O)Cc2ccccc2)CCO1. The predicted molar refractivity (Wildman–Crippen MR) is 87.0 cm³/mol. The monoisotopic (exact) mass is 316 g/mol. The molecule has 6 nitrogen and oxygen atoms in total. The second-order valence-electron chi connectivity index (χ2n) is 5.94. The van der Waals surface area contributed by atoms with Crippen molar-refractivity contribution in [2.24, 2.45) is 0 Å². The molecule has 3 rings (SSSR count). The van der Waals surface area contributed by atoms with Gasteiger partial charge in [-0.3, -0.25) is 4.90 Å². The molecule has 1 aromatic heterocycles. The zero-order valence-electron chi connectivity index (χ0n) is 13.5. The number of hydrogen-bond donors (Lipinski definition) is 1. The quantitative estimate of drug-likeness (QED) is 0.870. The topological polar surface area (TPSA) is 63.4 Å². The Morgan fingerprint density at radius 1 is 1.35 bits per heavy atom. The van der Waals surface area contributed by atoms with Crippen LogP contribution in [0, 0.1) is 0 Å². The molecule has 0 aliphatic carbocycles. The summed E-state index contributed by atoms with van der Waals surface area (Å²) in [6.45, 7) is 5.78. The normalized spacial score (nSPS) is 20.5. The molecule has 0 saturated carbocycles. The van der Waals surface area contributed by atoms with Gasteiger partial charge in [0.1, 0.15) is 12.4 Å². The number of aromatic nitrogens is 3. The number of aryl methyl sites for hydroxylation is 1. The van der Waals surface area contributed by atoms with Crippen LogP contribution in [0.15, 0.2) is 36.7 Å². The summed E-state index contributed by atoms with van der Waals surface area (Å²) in [5, 5.41) is 18.5. The van der Waals surface area contributed by atoms with Crippen molar-refractivity contribution in [1.82, 2.24) is 19.7 Å². The molecule has 2 heterocycles. The van der Waals surface area contributed by atoms with Gasteiger partial charge < -0.3 is 14.4 Å². The number of rotatable bonds is 6. The van der Waals surface area contributed by atoms with Gasteiger partial charge in [0, 0.05) is 26.2 Å². The van der Waals surface area contributed by atoms with Gasteiger partial charge >= 0.3 is 0 Å². The third kappa shape index (κ3) is 4.16. The van der Waals surface area contributed by atoms with Crippen molar-refractivity contribution in [1.29, 1.82) is 0 Å². The van der Waals surface area contributed by atoms with E-state index in [1.54, 1.807) is 6.33 Å². The lowest BCUT2D eigenvalue weighted by molar-refractivity contribution is -0.0472. The van der Waals surface area contributed by atoms with Crippen LogP contribution >= 0.6 is 0 Å². The predicted octanol–water partition coefficient (Wildman–Crippen LogP) is 1.27. The van der Waals surface area contributed by atoms with Crippen LogP contribution in [0.25, 0.3) is 0 Å². The van der Waals surface area contributed by atoms with E-state index >= 15 is 0 Å². The van der Waals surface area contributed by atoms with Crippen LogP contribution in [-0.2, 0) is 17.7 Å². The van der Waals surface area contributed by atoms with Gasteiger partial charge in [0.05, 0.1) is 12.7 Å². The van der Waals surface area contributed by atoms with Crippen molar-refractivity contribution >= 4 is 0 Å². The fraction of sp³-hybridized carbons (Fsp3) is 0.529. The summed E-state index contributed by atoms with van der Waals surface area (Å²) in [5.74, 6) is 0.870. The van der Waals surface area contributed by atoms with Crippen LogP contribution in [0.4, 0.5) is 0 Å². The van der Waals surface area contributed by atoms with Crippen LogP contribution in [0.5, 0.6) is 0 Å². The Balaban J connectivity index is 1.56. The Morgan fingerprint density at radius 2 is 2.17 bits per heavy atom. The summed E-state index contributed by atoms with van der Waals surface area (Å²) < 4.78 is 7.86. The van der Waals surface area contributed by atoms with E-state index in [0.29, 0.717) is 19.6 Å². The standard InChI is InChI=1S/C17H24N4O2/c1-2-21-13-18-19-17(21)16-12-20(8-9-23-16)11-15(22)10-14-6-4-3-5-7-14/h3-7,13,15-16,22H,2,8-12H2,1H3/t15-,16+/m1/s1. The van der Waals surface area contributed by atoms with Gasteiger partial charge in [0.25, 0.3) is 0 Å². The zero-order chi connectivity index (χ0) is 16.1. The first-order valence-corrected chi connectivity index (χ1v) is 8.20. The van der Waals surface area contributed by atoms with Crippen LogP contribution in [0.1, 0.15) is 24.4 Å². The van der Waals surface area contributed by atoms with Gasteiger partial charge in [0.15, 0.2) is 5.82 Å². The largest absolute Gasteiger partial charge is 0.391 e. The Labute approximate surface area is 136 Å². The molecule has 2 atom stereocenters. The second kappa shape index (κ2) is 7.68. The molecule has 1 aliphatic rings. The van der Waals surface area contributed by atoms with E-state index in [2.05, 4.69) is 34.2 Å². The van der Waals surface area contributed by atoms with Crippen molar-refractivity contribution < 1.29 is 9.84 Å². The number of aliphatic hydroxyl groups is 1. The molecule has 23 heavy (non-hydrogen) atoms. The van der Waals surface area contributed by atoms with Gasteiger partial charge in [-0.2, -0.15) is 0 Å². The molecule has 124 valence electrons. The summed E-state index contributed by atoms with van der Waals surface area (Å²) in [6.07, 6.45) is 1.96. The number of hydrogen-bond acceptors (Lipinski definition) is 5. The zero-order valence-corrected chi connectivity index (χ0v) is 13.5. The molecular formula is C17H24N4O2. The highest BCUT2D eigenvalue weighted by Crippen LogP contribution is 2.20. The minimum atomic E-state index is -0.375. The van der Waals surface area contributed by atoms with E-state index in [1.807, 2.05) is 22.8 Å². The highest BCUT2D eigenvalue weighted by Gasteiger charge is 2.26. The third-order valence-electron chi connectivity index (χ3n) is 4.21. The number of morpholine rings is 1. The molecule has 1 aromatic carbocycles. The lowest BCUT2D eigenvalue weighted by Crippen LogP contribution is -2.43. The van der Waals surface area contributed by atoms with E-state index in [0.717, 1.165) is 31.0 Å². The molecule has 0 amide bonds. The molecule has 0 unspecified atom stereocenters. The average Bonchev–Trinajstić information content (AvgIpc) is 3.04. The molecule has 2 aromatic rings. The van der Waals surface area contributed by atoms with Crippen LogP contribution in [0.3, 0.4) is 0 Å². The Hall–Kier alpha value is -1.76. The summed E-state index contributed by atoms with van der Waals surface area (Å²) in [5.41, 5.74) is 1.16. The van der Waals surface area contributed by atoms with E-state index < -0.39 is 0 Å². The van der Waals surface area contributed by atoms with Gasteiger partial charge in [-0.25, -0.2) is 0 Å². The van der Waals surface area contributed by atoms with Crippen LogP contribution < -0.4 is 0 Å². The van der Waals surface area contributed by atoms with E-state index in [1.165, 1.54) is 0 Å². The smallest absolute Gasteiger partial charge is 0.163 e. The first-order valence-electron chi connectivity index (χ1n) is 8.20.